The molecule has 0 radical (unpaired) electrons. The summed E-state index contributed by atoms with van der Waals surface area (Å²) in [6.07, 6.45) is 21.4. The van der Waals surface area contributed by atoms with Gasteiger partial charge in [0.05, 0.1) is 0 Å². The predicted molar refractivity (Wildman–Crippen MR) is 85.0 cm³/mol. The lowest BCUT2D eigenvalue weighted by molar-refractivity contribution is 0.517. The van der Waals surface area contributed by atoms with Gasteiger partial charge in [-0.2, -0.15) is 0 Å². The monoisotopic (exact) mass is 263 g/mol. The molecule has 0 spiro atoms. The Labute approximate surface area is 120 Å². The highest BCUT2D eigenvalue weighted by Gasteiger charge is 2.16. The fraction of sp³-hybridized carbons (Fsp3) is 0.944. The summed E-state index contributed by atoms with van der Waals surface area (Å²) in [6, 6.07) is 0. The topological polar surface area (TPSA) is 12.4 Å². The first kappa shape index (κ1) is 15.1. The lowest BCUT2D eigenvalue weighted by atomic mass is 9.88. The van der Waals surface area contributed by atoms with E-state index < -0.39 is 0 Å². The second-order valence-corrected chi connectivity index (χ2v) is 6.64. The first-order valence-electron chi connectivity index (χ1n) is 9.00. The van der Waals surface area contributed by atoms with Gasteiger partial charge in [0.25, 0.3) is 0 Å². The van der Waals surface area contributed by atoms with Gasteiger partial charge in [-0.1, -0.05) is 64.2 Å². The maximum absolute atomic E-state index is 5.03. The highest BCUT2D eigenvalue weighted by Crippen LogP contribution is 2.25. The smallest absolute Gasteiger partial charge is 0.0388 e. The number of rotatable bonds is 1. The molecule has 1 heteroatoms. The van der Waals surface area contributed by atoms with Gasteiger partial charge in [-0.15, -0.1) is 0 Å². The zero-order valence-electron chi connectivity index (χ0n) is 12.8. The second kappa shape index (κ2) is 9.55. The van der Waals surface area contributed by atoms with E-state index in [1.807, 2.05) is 0 Å². The van der Waals surface area contributed by atoms with Gasteiger partial charge in [-0.05, 0) is 38.0 Å². The van der Waals surface area contributed by atoms with Gasteiger partial charge in [-0.25, -0.2) is 0 Å². The van der Waals surface area contributed by atoms with Crippen molar-refractivity contribution in [3.05, 3.63) is 0 Å². The number of aliphatic imine (C=N–C) groups is 1. The predicted octanol–water partition coefficient (Wildman–Crippen LogP) is 5.92. The molecule has 0 unspecified atom stereocenters. The van der Waals surface area contributed by atoms with Crippen LogP contribution in [0, 0.1) is 5.92 Å². The van der Waals surface area contributed by atoms with Crippen molar-refractivity contribution in [3.63, 3.8) is 0 Å². The van der Waals surface area contributed by atoms with Crippen molar-refractivity contribution in [1.82, 2.24) is 0 Å². The molecule has 0 amide bonds. The summed E-state index contributed by atoms with van der Waals surface area (Å²) in [4.78, 5) is 5.03. The van der Waals surface area contributed by atoms with Crippen molar-refractivity contribution in [2.24, 2.45) is 10.9 Å². The maximum Gasteiger partial charge on any atom is 0.0388 e. The normalized spacial score (nSPS) is 25.8. The van der Waals surface area contributed by atoms with Crippen LogP contribution in [-0.2, 0) is 0 Å². The van der Waals surface area contributed by atoms with E-state index in [0.717, 1.165) is 12.5 Å². The zero-order valence-corrected chi connectivity index (χ0v) is 12.8. The summed E-state index contributed by atoms with van der Waals surface area (Å²) in [5.41, 5.74) is 1.61. The summed E-state index contributed by atoms with van der Waals surface area (Å²) in [6.45, 7) is 1.12. The van der Waals surface area contributed by atoms with Gasteiger partial charge in [0, 0.05) is 12.3 Å². The van der Waals surface area contributed by atoms with Crippen molar-refractivity contribution in [3.8, 4) is 0 Å². The van der Waals surface area contributed by atoms with E-state index in [1.54, 1.807) is 5.71 Å². The van der Waals surface area contributed by atoms with Crippen LogP contribution in [0.1, 0.15) is 96.3 Å². The van der Waals surface area contributed by atoms with Crippen LogP contribution < -0.4 is 0 Å². The highest BCUT2D eigenvalue weighted by molar-refractivity contribution is 5.86. The van der Waals surface area contributed by atoms with Crippen LogP contribution in [0.4, 0.5) is 0 Å². The fourth-order valence-corrected chi connectivity index (χ4v) is 3.73. The van der Waals surface area contributed by atoms with Crippen molar-refractivity contribution in [2.75, 3.05) is 6.54 Å². The van der Waals surface area contributed by atoms with Gasteiger partial charge in [0.1, 0.15) is 0 Å². The third-order valence-corrected chi connectivity index (χ3v) is 4.98. The zero-order chi connectivity index (χ0) is 13.2. The van der Waals surface area contributed by atoms with E-state index in [2.05, 4.69) is 0 Å². The van der Waals surface area contributed by atoms with Gasteiger partial charge in [0.2, 0.25) is 0 Å². The molecule has 0 aromatic rings. The Kier molecular flexibility index (Phi) is 7.58. The van der Waals surface area contributed by atoms with Crippen LogP contribution in [0.3, 0.4) is 0 Å². The molecule has 0 aromatic heterocycles. The minimum absolute atomic E-state index is 0.845. The third-order valence-electron chi connectivity index (χ3n) is 4.98. The molecule has 1 heterocycles. The maximum atomic E-state index is 5.03. The van der Waals surface area contributed by atoms with Crippen LogP contribution in [0.2, 0.25) is 0 Å². The Balaban J connectivity index is 1.90. The van der Waals surface area contributed by atoms with Gasteiger partial charge in [-0.3, -0.25) is 4.99 Å². The van der Waals surface area contributed by atoms with E-state index in [4.69, 9.17) is 4.99 Å². The minimum atomic E-state index is 0.845. The SMILES string of the molecule is C1CCCCC(C2CCCCCCCC2)=NCCC1. The van der Waals surface area contributed by atoms with Crippen molar-refractivity contribution >= 4 is 5.71 Å². The minimum Gasteiger partial charge on any atom is -0.294 e. The lowest BCUT2D eigenvalue weighted by Gasteiger charge is -2.20. The molecule has 19 heavy (non-hydrogen) atoms. The van der Waals surface area contributed by atoms with Gasteiger partial charge >= 0.3 is 0 Å². The van der Waals surface area contributed by atoms with Crippen LogP contribution in [0.25, 0.3) is 0 Å². The van der Waals surface area contributed by atoms with Crippen molar-refractivity contribution in [1.29, 1.82) is 0 Å². The molecule has 1 nitrogen and oxygen atoms in total. The molecule has 0 bridgehead atoms. The fourth-order valence-electron chi connectivity index (χ4n) is 3.73. The third kappa shape index (κ3) is 6.10. The summed E-state index contributed by atoms with van der Waals surface area (Å²) in [5, 5.41) is 0. The molecule has 1 aliphatic heterocycles. The van der Waals surface area contributed by atoms with Gasteiger partial charge in [0.15, 0.2) is 0 Å². The van der Waals surface area contributed by atoms with Crippen molar-refractivity contribution in [2.45, 2.75) is 96.3 Å². The molecule has 1 aliphatic carbocycles. The number of hydrogen-bond acceptors (Lipinski definition) is 1. The average molecular weight is 263 g/mol. The molecule has 1 saturated carbocycles. The Morgan fingerprint density at radius 2 is 1.11 bits per heavy atom. The molecule has 0 N–H and O–H groups in total. The van der Waals surface area contributed by atoms with Crippen LogP contribution >= 0.6 is 0 Å². The molecule has 0 atom stereocenters. The Hall–Kier alpha value is -0.330. The largest absolute Gasteiger partial charge is 0.294 e. The van der Waals surface area contributed by atoms with E-state index in [0.29, 0.717) is 0 Å². The van der Waals surface area contributed by atoms with Crippen LogP contribution in [0.15, 0.2) is 4.99 Å². The Bertz CT molecular complexity index is 246. The molecule has 110 valence electrons. The molecule has 0 aromatic carbocycles. The van der Waals surface area contributed by atoms with Crippen LogP contribution in [0.5, 0.6) is 0 Å². The second-order valence-electron chi connectivity index (χ2n) is 6.64. The summed E-state index contributed by atoms with van der Waals surface area (Å²) in [7, 11) is 0. The van der Waals surface area contributed by atoms with E-state index >= 15 is 0 Å². The molecule has 0 saturated heterocycles. The lowest BCUT2D eigenvalue weighted by Crippen LogP contribution is -2.16. The van der Waals surface area contributed by atoms with E-state index in [9.17, 15) is 0 Å². The Morgan fingerprint density at radius 1 is 0.579 bits per heavy atom. The highest BCUT2D eigenvalue weighted by atomic mass is 14.7. The molecule has 2 rings (SSSR count). The summed E-state index contributed by atoms with van der Waals surface area (Å²) >= 11 is 0. The number of nitrogens with zero attached hydrogens (tertiary/aromatic N) is 1. The first-order valence-corrected chi connectivity index (χ1v) is 9.00. The molecular formula is C18H33N. The standard InChI is InChI=1S/C18H33N/c1-2-6-10-14-17(13-9-5-1)18-15-11-7-3-4-8-12-16-19-18/h17H,1-16H2. The summed E-state index contributed by atoms with van der Waals surface area (Å²) in [5.74, 6) is 0.845. The Morgan fingerprint density at radius 3 is 1.79 bits per heavy atom. The first-order chi connectivity index (χ1) is 9.47. The van der Waals surface area contributed by atoms with E-state index in [1.165, 1.54) is 96.3 Å². The summed E-state index contributed by atoms with van der Waals surface area (Å²) < 4.78 is 0. The van der Waals surface area contributed by atoms with E-state index in [-0.39, 0.29) is 0 Å². The molecular weight excluding hydrogens is 230 g/mol. The van der Waals surface area contributed by atoms with Crippen molar-refractivity contribution < 1.29 is 0 Å². The van der Waals surface area contributed by atoms with Gasteiger partial charge < -0.3 is 0 Å². The number of hydrogen-bond donors (Lipinski definition) is 0. The molecule has 1 fully saturated rings. The van der Waals surface area contributed by atoms with Crippen LogP contribution in [-0.4, -0.2) is 12.3 Å². The molecule has 2 aliphatic rings. The quantitative estimate of drug-likeness (QED) is 0.556. The average Bonchev–Trinajstić information content (AvgIpc) is 2.58.